The molecule has 156 valence electrons. The number of carbonyl (C=O) groups excluding carboxylic acids is 1. The Hall–Kier alpha value is -2.99. The molecule has 1 aliphatic rings. The third kappa shape index (κ3) is 5.13. The summed E-state index contributed by atoms with van der Waals surface area (Å²) in [7, 11) is 0. The van der Waals surface area contributed by atoms with Crippen LogP contribution in [-0.2, 0) is 11.3 Å². The third-order valence-electron chi connectivity index (χ3n) is 5.67. The predicted molar refractivity (Wildman–Crippen MR) is 116 cm³/mol. The first-order valence-electron chi connectivity index (χ1n) is 10.5. The highest BCUT2D eigenvalue weighted by Gasteiger charge is 2.22. The summed E-state index contributed by atoms with van der Waals surface area (Å²) < 4.78 is 15.9. The van der Waals surface area contributed by atoms with Gasteiger partial charge in [-0.25, -0.2) is 4.39 Å². The molecule has 1 N–H and O–H groups in total. The molecule has 1 saturated heterocycles. The van der Waals surface area contributed by atoms with E-state index in [9.17, 15) is 9.18 Å². The van der Waals surface area contributed by atoms with Crippen LogP contribution < -0.4 is 5.32 Å². The Kier molecular flexibility index (Phi) is 6.54. The minimum Gasteiger partial charge on any atom is -0.324 e. The van der Waals surface area contributed by atoms with Crippen LogP contribution in [0.3, 0.4) is 0 Å². The van der Waals surface area contributed by atoms with Crippen LogP contribution >= 0.6 is 0 Å². The van der Waals surface area contributed by atoms with Gasteiger partial charge in [0, 0.05) is 37.6 Å². The zero-order chi connectivity index (χ0) is 20.8. The van der Waals surface area contributed by atoms with Crippen LogP contribution in [0.4, 0.5) is 10.1 Å². The Morgan fingerprint density at radius 3 is 2.90 bits per heavy atom. The van der Waals surface area contributed by atoms with E-state index in [4.69, 9.17) is 0 Å². The van der Waals surface area contributed by atoms with E-state index in [0.29, 0.717) is 12.3 Å². The second kappa shape index (κ2) is 9.67. The quantitative estimate of drug-likeness (QED) is 0.622. The summed E-state index contributed by atoms with van der Waals surface area (Å²) in [5.74, 6) is -0.0408. The van der Waals surface area contributed by atoms with Gasteiger partial charge in [-0.3, -0.25) is 14.7 Å². The first kappa shape index (κ1) is 20.3. The first-order chi connectivity index (χ1) is 14.7. The van der Waals surface area contributed by atoms with Gasteiger partial charge in [-0.2, -0.15) is 0 Å². The number of hydrogen-bond donors (Lipinski definition) is 1. The van der Waals surface area contributed by atoms with E-state index in [-0.39, 0.29) is 11.6 Å². The number of amides is 1. The van der Waals surface area contributed by atoms with Gasteiger partial charge < -0.3 is 9.88 Å². The Bertz CT molecular complexity index is 972. The molecule has 1 aromatic carbocycles. The molecule has 0 aliphatic carbocycles. The molecular formula is C24H27FN4O. The molecule has 1 atom stereocenters. The van der Waals surface area contributed by atoms with Gasteiger partial charge in [0.05, 0.1) is 17.6 Å². The fraction of sp³-hybridized carbons (Fsp3) is 0.333. The molecule has 3 aromatic rings. The molecule has 1 amide bonds. The van der Waals surface area contributed by atoms with E-state index < -0.39 is 5.82 Å². The van der Waals surface area contributed by atoms with E-state index in [1.165, 1.54) is 11.8 Å². The average molecular weight is 407 g/mol. The summed E-state index contributed by atoms with van der Waals surface area (Å²) in [6, 6.07) is 14.5. The van der Waals surface area contributed by atoms with Crippen molar-refractivity contribution in [1.29, 1.82) is 0 Å². The zero-order valence-corrected chi connectivity index (χ0v) is 17.0. The number of pyridine rings is 1. The smallest absolute Gasteiger partial charge is 0.224 e. The highest BCUT2D eigenvalue weighted by Crippen LogP contribution is 2.24. The minimum atomic E-state index is -0.397. The molecule has 1 fully saturated rings. The molecule has 30 heavy (non-hydrogen) atoms. The SMILES string of the molecule is O=C(CC[C@@H]1CCCN(Cc2cccn2-c2cccnc2)C1)Nc1ccccc1F. The molecule has 0 saturated carbocycles. The van der Waals surface area contributed by atoms with Crippen LogP contribution in [0.1, 0.15) is 31.4 Å². The lowest BCUT2D eigenvalue weighted by atomic mass is 9.93. The Balaban J connectivity index is 1.30. The molecular weight excluding hydrogens is 379 g/mol. The van der Waals surface area contributed by atoms with Crippen molar-refractivity contribution in [2.45, 2.75) is 32.2 Å². The molecule has 2 aromatic heterocycles. The highest BCUT2D eigenvalue weighted by molar-refractivity contribution is 5.90. The summed E-state index contributed by atoms with van der Waals surface area (Å²) in [6.07, 6.45) is 9.22. The van der Waals surface area contributed by atoms with E-state index in [1.807, 2.05) is 12.3 Å². The van der Waals surface area contributed by atoms with Crippen molar-refractivity contribution in [2.75, 3.05) is 18.4 Å². The number of anilines is 1. The van der Waals surface area contributed by atoms with Gasteiger partial charge in [-0.1, -0.05) is 12.1 Å². The monoisotopic (exact) mass is 406 g/mol. The predicted octanol–water partition coefficient (Wildman–Crippen LogP) is 4.64. The van der Waals surface area contributed by atoms with Crippen LogP contribution in [0.25, 0.3) is 5.69 Å². The summed E-state index contributed by atoms with van der Waals surface area (Å²) in [6.45, 7) is 2.92. The Labute approximate surface area is 176 Å². The maximum Gasteiger partial charge on any atom is 0.224 e. The van der Waals surface area contributed by atoms with Crippen molar-refractivity contribution < 1.29 is 9.18 Å². The fourth-order valence-corrected chi connectivity index (χ4v) is 4.16. The summed E-state index contributed by atoms with van der Waals surface area (Å²) in [5.41, 5.74) is 2.56. The number of likely N-dealkylation sites (tertiary alicyclic amines) is 1. The van der Waals surface area contributed by atoms with Crippen molar-refractivity contribution in [1.82, 2.24) is 14.5 Å². The van der Waals surface area contributed by atoms with Gasteiger partial charge in [0.25, 0.3) is 0 Å². The molecule has 0 spiro atoms. The zero-order valence-electron chi connectivity index (χ0n) is 17.0. The van der Waals surface area contributed by atoms with Gasteiger partial charge in [-0.05, 0) is 68.1 Å². The molecule has 6 heteroatoms. The van der Waals surface area contributed by atoms with E-state index >= 15 is 0 Å². The maximum absolute atomic E-state index is 13.7. The minimum absolute atomic E-state index is 0.123. The number of piperidine rings is 1. The van der Waals surface area contributed by atoms with Crippen molar-refractivity contribution in [3.05, 3.63) is 78.6 Å². The maximum atomic E-state index is 13.7. The van der Waals surface area contributed by atoms with Gasteiger partial charge >= 0.3 is 0 Å². The second-order valence-corrected chi connectivity index (χ2v) is 7.89. The average Bonchev–Trinajstić information content (AvgIpc) is 3.23. The van der Waals surface area contributed by atoms with Crippen LogP contribution in [0.5, 0.6) is 0 Å². The van der Waals surface area contributed by atoms with Gasteiger partial charge in [0.1, 0.15) is 5.82 Å². The van der Waals surface area contributed by atoms with E-state index in [0.717, 1.165) is 44.6 Å². The van der Waals surface area contributed by atoms with Crippen LogP contribution in [0.2, 0.25) is 0 Å². The first-order valence-corrected chi connectivity index (χ1v) is 10.5. The van der Waals surface area contributed by atoms with E-state index in [1.54, 1.807) is 24.4 Å². The van der Waals surface area contributed by atoms with Crippen LogP contribution in [0, 0.1) is 11.7 Å². The molecule has 1 aliphatic heterocycles. The van der Waals surface area contributed by atoms with E-state index in [2.05, 4.69) is 44.2 Å². The van der Waals surface area contributed by atoms with Gasteiger partial charge in [-0.15, -0.1) is 0 Å². The van der Waals surface area contributed by atoms with Crippen LogP contribution in [0.15, 0.2) is 67.1 Å². The van der Waals surface area contributed by atoms with Crippen molar-refractivity contribution in [3.8, 4) is 5.69 Å². The number of halogens is 1. The third-order valence-corrected chi connectivity index (χ3v) is 5.67. The lowest BCUT2D eigenvalue weighted by molar-refractivity contribution is -0.116. The summed E-state index contributed by atoms with van der Waals surface area (Å²) in [4.78, 5) is 18.9. The Morgan fingerprint density at radius 1 is 1.17 bits per heavy atom. The topological polar surface area (TPSA) is 50.2 Å². The number of benzene rings is 1. The molecule has 0 unspecified atom stereocenters. The molecule has 0 radical (unpaired) electrons. The lowest BCUT2D eigenvalue weighted by Crippen LogP contribution is -2.35. The number of nitrogens with one attached hydrogen (secondary N) is 1. The second-order valence-electron chi connectivity index (χ2n) is 7.89. The number of rotatable bonds is 7. The van der Waals surface area contributed by atoms with Crippen LogP contribution in [-0.4, -0.2) is 33.4 Å². The van der Waals surface area contributed by atoms with Gasteiger partial charge in [0.15, 0.2) is 0 Å². The van der Waals surface area contributed by atoms with Gasteiger partial charge in [0.2, 0.25) is 5.91 Å². The number of para-hydroxylation sites is 1. The lowest BCUT2D eigenvalue weighted by Gasteiger charge is -2.33. The number of nitrogens with zero attached hydrogens (tertiary/aromatic N) is 3. The summed E-state index contributed by atoms with van der Waals surface area (Å²) in [5, 5.41) is 2.69. The standard InChI is InChI=1S/C24H27FN4O/c25-22-9-1-2-10-23(22)27-24(30)12-11-19-6-4-14-28(17-19)18-21-8-5-15-29(21)20-7-3-13-26-16-20/h1-3,5,7-10,13,15-16,19H,4,6,11-12,14,17-18H2,(H,27,30)/t19-/m0/s1. The Morgan fingerprint density at radius 2 is 2.07 bits per heavy atom. The summed E-state index contributed by atoms with van der Waals surface area (Å²) >= 11 is 0. The number of hydrogen-bond acceptors (Lipinski definition) is 3. The van der Waals surface area contributed by atoms with Crippen molar-refractivity contribution >= 4 is 11.6 Å². The number of aromatic nitrogens is 2. The normalized spacial score (nSPS) is 17.0. The van der Waals surface area contributed by atoms with Crippen molar-refractivity contribution in [2.24, 2.45) is 5.92 Å². The fourth-order valence-electron chi connectivity index (χ4n) is 4.16. The molecule has 5 nitrogen and oxygen atoms in total. The highest BCUT2D eigenvalue weighted by atomic mass is 19.1. The molecule has 4 rings (SSSR count). The largest absolute Gasteiger partial charge is 0.324 e. The molecule has 0 bridgehead atoms. The number of carbonyl (C=O) groups is 1. The van der Waals surface area contributed by atoms with Crippen molar-refractivity contribution in [3.63, 3.8) is 0 Å². The molecule has 3 heterocycles.